The van der Waals surface area contributed by atoms with Gasteiger partial charge in [-0.1, -0.05) is 18.7 Å². The minimum atomic E-state index is 0.152. The van der Waals surface area contributed by atoms with Crippen LogP contribution in [0.1, 0.15) is 25.5 Å². The highest BCUT2D eigenvalue weighted by atomic mass is 32.2. The van der Waals surface area contributed by atoms with Crippen LogP contribution >= 0.6 is 11.8 Å². The number of aryl methyl sites for hydroxylation is 1. The molecule has 0 saturated heterocycles. The number of rotatable bonds is 2. The van der Waals surface area contributed by atoms with Crippen LogP contribution in [0.4, 0.5) is 0 Å². The van der Waals surface area contributed by atoms with Gasteiger partial charge in [-0.25, -0.2) is 9.97 Å². The predicted octanol–water partition coefficient (Wildman–Crippen LogP) is 2.24. The van der Waals surface area contributed by atoms with Gasteiger partial charge in [0.1, 0.15) is 5.78 Å². The zero-order chi connectivity index (χ0) is 10.8. The van der Waals surface area contributed by atoms with Gasteiger partial charge in [0.15, 0.2) is 5.16 Å². The fraction of sp³-hybridized carbons (Fsp3) is 0.545. The molecule has 80 valence electrons. The summed E-state index contributed by atoms with van der Waals surface area (Å²) in [5, 5.41) is 1.15. The van der Waals surface area contributed by atoms with Crippen molar-refractivity contribution < 1.29 is 4.79 Å². The van der Waals surface area contributed by atoms with Gasteiger partial charge < -0.3 is 0 Å². The number of carbonyl (C=O) groups excluding carboxylic acids is 1. The van der Waals surface area contributed by atoms with Gasteiger partial charge in [-0.05, 0) is 19.4 Å². The Labute approximate surface area is 93.7 Å². The average Bonchev–Trinajstić information content (AvgIpc) is 2.50. The van der Waals surface area contributed by atoms with Crippen LogP contribution in [-0.4, -0.2) is 21.0 Å². The van der Waals surface area contributed by atoms with E-state index in [1.807, 2.05) is 19.9 Å². The lowest BCUT2D eigenvalue weighted by atomic mass is 10.1. The molecule has 0 spiro atoms. The van der Waals surface area contributed by atoms with Crippen molar-refractivity contribution in [1.82, 2.24) is 9.97 Å². The molecule has 0 amide bonds. The summed E-state index contributed by atoms with van der Waals surface area (Å²) in [5.41, 5.74) is 0.976. The van der Waals surface area contributed by atoms with E-state index in [9.17, 15) is 4.79 Å². The van der Waals surface area contributed by atoms with Crippen LogP contribution in [0.3, 0.4) is 0 Å². The minimum Gasteiger partial charge on any atom is -0.299 e. The first kappa shape index (κ1) is 10.6. The van der Waals surface area contributed by atoms with E-state index in [-0.39, 0.29) is 5.92 Å². The summed E-state index contributed by atoms with van der Waals surface area (Å²) in [4.78, 5) is 19.9. The summed E-state index contributed by atoms with van der Waals surface area (Å²) in [6, 6.07) is 1.88. The molecule has 2 rings (SSSR count). The Balaban J connectivity index is 2.06. The lowest BCUT2D eigenvalue weighted by Gasteiger charge is -2.11. The summed E-state index contributed by atoms with van der Waals surface area (Å²) >= 11 is 1.63. The molecule has 1 aliphatic rings. The molecule has 15 heavy (non-hydrogen) atoms. The van der Waals surface area contributed by atoms with Crippen molar-refractivity contribution >= 4 is 17.5 Å². The first-order valence-electron chi connectivity index (χ1n) is 5.16. The van der Waals surface area contributed by atoms with Crippen LogP contribution in [0, 0.1) is 12.8 Å². The molecule has 1 aromatic rings. The molecule has 1 fully saturated rings. The maximum Gasteiger partial charge on any atom is 0.188 e. The van der Waals surface area contributed by atoms with Crippen LogP contribution in [0.5, 0.6) is 0 Å². The second-order valence-corrected chi connectivity index (χ2v) is 5.14. The van der Waals surface area contributed by atoms with Gasteiger partial charge in [0.2, 0.25) is 0 Å². The number of ketones is 1. The van der Waals surface area contributed by atoms with Crippen molar-refractivity contribution in [2.75, 3.05) is 0 Å². The Kier molecular flexibility index (Phi) is 3.05. The largest absolute Gasteiger partial charge is 0.299 e. The number of aromatic nitrogens is 2. The standard InChI is InChI=1S/C11H14N2OS/c1-7-5-6-12-11(13-7)15-10-4-3-9(14)8(10)2/h5-6,8,10H,3-4H2,1-2H3. The molecule has 0 radical (unpaired) electrons. The first-order chi connectivity index (χ1) is 7.16. The zero-order valence-corrected chi connectivity index (χ0v) is 9.75. The summed E-state index contributed by atoms with van der Waals surface area (Å²) in [6.45, 7) is 3.96. The molecule has 1 aliphatic carbocycles. The Morgan fingerprint density at radius 1 is 1.53 bits per heavy atom. The molecular formula is C11H14N2OS. The number of hydrogen-bond acceptors (Lipinski definition) is 4. The van der Waals surface area contributed by atoms with Crippen LogP contribution in [0.25, 0.3) is 0 Å². The summed E-state index contributed by atoms with van der Waals surface area (Å²) in [6.07, 6.45) is 3.44. The molecule has 0 aromatic carbocycles. The van der Waals surface area contributed by atoms with E-state index in [0.29, 0.717) is 17.5 Å². The molecule has 3 nitrogen and oxygen atoms in total. The van der Waals surface area contributed by atoms with Crippen molar-refractivity contribution in [3.05, 3.63) is 18.0 Å². The van der Waals surface area contributed by atoms with Gasteiger partial charge in [0.05, 0.1) is 0 Å². The second-order valence-electron chi connectivity index (χ2n) is 3.93. The fourth-order valence-electron chi connectivity index (χ4n) is 1.75. The average molecular weight is 222 g/mol. The van der Waals surface area contributed by atoms with E-state index in [1.54, 1.807) is 18.0 Å². The van der Waals surface area contributed by atoms with Crippen molar-refractivity contribution in [3.63, 3.8) is 0 Å². The van der Waals surface area contributed by atoms with E-state index >= 15 is 0 Å². The van der Waals surface area contributed by atoms with E-state index < -0.39 is 0 Å². The summed E-state index contributed by atoms with van der Waals surface area (Å²) in [5.74, 6) is 0.527. The molecule has 1 saturated carbocycles. The Morgan fingerprint density at radius 2 is 2.33 bits per heavy atom. The molecule has 1 heterocycles. The molecule has 0 aliphatic heterocycles. The quantitative estimate of drug-likeness (QED) is 0.720. The first-order valence-corrected chi connectivity index (χ1v) is 6.04. The highest BCUT2D eigenvalue weighted by Gasteiger charge is 2.32. The van der Waals surface area contributed by atoms with Gasteiger partial charge in [0.25, 0.3) is 0 Å². The summed E-state index contributed by atoms with van der Waals surface area (Å²) in [7, 11) is 0. The van der Waals surface area contributed by atoms with Crippen LogP contribution in [0.2, 0.25) is 0 Å². The third-order valence-corrected chi connectivity index (χ3v) is 4.12. The van der Waals surface area contributed by atoms with Crippen LogP contribution < -0.4 is 0 Å². The Bertz CT molecular complexity index is 381. The van der Waals surface area contributed by atoms with Crippen molar-refractivity contribution in [2.45, 2.75) is 37.1 Å². The maximum atomic E-state index is 11.4. The lowest BCUT2D eigenvalue weighted by molar-refractivity contribution is -0.120. The maximum absolute atomic E-state index is 11.4. The molecule has 0 bridgehead atoms. The van der Waals surface area contributed by atoms with E-state index in [1.165, 1.54) is 0 Å². The molecule has 4 heteroatoms. The SMILES string of the molecule is Cc1ccnc(SC2CCC(=O)C2C)n1. The van der Waals surface area contributed by atoms with Crippen LogP contribution in [0.15, 0.2) is 17.4 Å². The van der Waals surface area contributed by atoms with Gasteiger partial charge >= 0.3 is 0 Å². The Hall–Kier alpha value is -0.900. The number of nitrogens with zero attached hydrogens (tertiary/aromatic N) is 2. The van der Waals surface area contributed by atoms with E-state index in [2.05, 4.69) is 9.97 Å². The third-order valence-electron chi connectivity index (χ3n) is 2.77. The highest BCUT2D eigenvalue weighted by Crippen LogP contribution is 2.35. The number of thioether (sulfide) groups is 1. The third kappa shape index (κ3) is 2.37. The van der Waals surface area contributed by atoms with E-state index in [4.69, 9.17) is 0 Å². The molecule has 2 atom stereocenters. The smallest absolute Gasteiger partial charge is 0.188 e. The van der Waals surface area contributed by atoms with E-state index in [0.717, 1.165) is 17.3 Å². The molecule has 2 unspecified atom stereocenters. The van der Waals surface area contributed by atoms with Gasteiger partial charge in [-0.3, -0.25) is 4.79 Å². The van der Waals surface area contributed by atoms with Gasteiger partial charge in [0, 0.05) is 29.5 Å². The summed E-state index contributed by atoms with van der Waals surface area (Å²) < 4.78 is 0. The Morgan fingerprint density at radius 3 is 2.93 bits per heavy atom. The second kappa shape index (κ2) is 4.31. The molecular weight excluding hydrogens is 208 g/mol. The van der Waals surface area contributed by atoms with Crippen molar-refractivity contribution in [1.29, 1.82) is 0 Å². The fourth-order valence-corrected chi connectivity index (χ4v) is 2.93. The zero-order valence-electron chi connectivity index (χ0n) is 8.93. The van der Waals surface area contributed by atoms with Crippen LogP contribution in [-0.2, 0) is 4.79 Å². The number of carbonyl (C=O) groups is 1. The molecule has 1 aromatic heterocycles. The lowest BCUT2D eigenvalue weighted by Crippen LogP contribution is -2.12. The van der Waals surface area contributed by atoms with Gasteiger partial charge in [-0.2, -0.15) is 0 Å². The van der Waals surface area contributed by atoms with Crippen molar-refractivity contribution in [2.24, 2.45) is 5.92 Å². The number of Topliss-reactive ketones (excluding diaryl/α,β-unsaturated/α-hetero) is 1. The predicted molar refractivity (Wildman–Crippen MR) is 59.8 cm³/mol. The molecule has 0 N–H and O–H groups in total. The monoisotopic (exact) mass is 222 g/mol. The normalized spacial score (nSPS) is 25.9. The number of hydrogen-bond donors (Lipinski definition) is 0. The minimum absolute atomic E-state index is 0.152. The topological polar surface area (TPSA) is 42.9 Å². The van der Waals surface area contributed by atoms with Gasteiger partial charge in [-0.15, -0.1) is 0 Å². The van der Waals surface area contributed by atoms with Crippen molar-refractivity contribution in [3.8, 4) is 0 Å². The highest BCUT2D eigenvalue weighted by molar-refractivity contribution is 7.99.